The number of benzene rings is 1. The molecule has 0 atom stereocenters. The van der Waals surface area contributed by atoms with Crippen molar-refractivity contribution in [1.29, 1.82) is 0 Å². The van der Waals surface area contributed by atoms with Crippen molar-refractivity contribution in [3.8, 4) is 11.4 Å². The summed E-state index contributed by atoms with van der Waals surface area (Å²) in [6, 6.07) is 13.3. The van der Waals surface area contributed by atoms with Gasteiger partial charge in [-0.2, -0.15) is 4.98 Å². The highest BCUT2D eigenvalue weighted by molar-refractivity contribution is 14.0. The average molecular weight is 540 g/mol. The van der Waals surface area contributed by atoms with Crippen LogP contribution in [0.1, 0.15) is 5.89 Å². The minimum Gasteiger partial charge on any atom is -0.353 e. The second kappa shape index (κ2) is 10.6. The first kappa shape index (κ1) is 22.3. The number of halogens is 2. The lowest BCUT2D eigenvalue weighted by molar-refractivity contribution is 0.355. The third-order valence-electron chi connectivity index (χ3n) is 4.73. The third kappa shape index (κ3) is 5.39. The summed E-state index contributed by atoms with van der Waals surface area (Å²) in [6.45, 7) is 3.90. The lowest BCUT2D eigenvalue weighted by atomic mass is 10.2. The number of aromatic nitrogens is 3. The van der Waals surface area contributed by atoms with Crippen LogP contribution in [0.2, 0.25) is 5.02 Å². The Morgan fingerprint density at radius 2 is 1.90 bits per heavy atom. The molecule has 0 saturated carbocycles. The summed E-state index contributed by atoms with van der Waals surface area (Å²) < 4.78 is 5.36. The molecule has 3 heterocycles. The average Bonchev–Trinajstić information content (AvgIpc) is 3.25. The molecule has 0 aliphatic carbocycles. The quantitative estimate of drug-likeness (QED) is 0.309. The van der Waals surface area contributed by atoms with E-state index in [4.69, 9.17) is 16.1 Å². The summed E-state index contributed by atoms with van der Waals surface area (Å²) in [6.07, 6.45) is 1.82. The van der Waals surface area contributed by atoms with Crippen LogP contribution in [-0.2, 0) is 6.54 Å². The Balaban J connectivity index is 0.00000256. The van der Waals surface area contributed by atoms with Gasteiger partial charge in [0.15, 0.2) is 5.96 Å². The molecule has 0 unspecified atom stereocenters. The molecule has 1 aromatic carbocycles. The van der Waals surface area contributed by atoms with E-state index < -0.39 is 0 Å². The van der Waals surface area contributed by atoms with Crippen LogP contribution < -0.4 is 10.2 Å². The summed E-state index contributed by atoms with van der Waals surface area (Å²) in [4.78, 5) is 17.8. The lowest BCUT2D eigenvalue weighted by Crippen LogP contribution is -2.52. The van der Waals surface area contributed by atoms with Gasteiger partial charge in [0.2, 0.25) is 11.7 Å². The number of hydrogen-bond donors (Lipinski definition) is 1. The molecular weight excluding hydrogens is 517 g/mol. The molecule has 0 spiro atoms. The van der Waals surface area contributed by atoms with E-state index in [1.165, 1.54) is 0 Å². The van der Waals surface area contributed by atoms with Crippen LogP contribution in [0.4, 0.5) is 5.82 Å². The molecule has 30 heavy (non-hydrogen) atoms. The van der Waals surface area contributed by atoms with Gasteiger partial charge in [0.05, 0.1) is 6.54 Å². The molecule has 1 saturated heterocycles. The van der Waals surface area contributed by atoms with Crippen molar-refractivity contribution in [2.45, 2.75) is 6.54 Å². The van der Waals surface area contributed by atoms with E-state index in [1.54, 1.807) is 19.2 Å². The van der Waals surface area contributed by atoms with E-state index in [9.17, 15) is 0 Å². The largest absolute Gasteiger partial charge is 0.353 e. The van der Waals surface area contributed by atoms with Crippen LogP contribution in [0.15, 0.2) is 58.2 Å². The molecule has 3 aromatic rings. The highest BCUT2D eigenvalue weighted by atomic mass is 127. The number of pyridine rings is 1. The van der Waals surface area contributed by atoms with Gasteiger partial charge >= 0.3 is 0 Å². The van der Waals surface area contributed by atoms with E-state index in [2.05, 4.69) is 35.2 Å². The number of anilines is 1. The number of nitrogens with one attached hydrogen (secondary N) is 1. The van der Waals surface area contributed by atoms with E-state index >= 15 is 0 Å². The topological polar surface area (TPSA) is 82.7 Å². The molecule has 1 fully saturated rings. The summed E-state index contributed by atoms with van der Waals surface area (Å²) in [5.74, 6) is 2.87. The number of piperazine rings is 1. The Morgan fingerprint density at radius 3 is 2.57 bits per heavy atom. The van der Waals surface area contributed by atoms with E-state index in [0.29, 0.717) is 23.3 Å². The molecule has 10 heteroatoms. The van der Waals surface area contributed by atoms with Crippen molar-refractivity contribution >= 4 is 47.4 Å². The summed E-state index contributed by atoms with van der Waals surface area (Å²) in [5.41, 5.74) is 0.861. The maximum atomic E-state index is 5.92. The number of guanidine groups is 1. The van der Waals surface area contributed by atoms with Gasteiger partial charge in [-0.25, -0.2) is 4.98 Å². The van der Waals surface area contributed by atoms with E-state index in [0.717, 1.165) is 43.5 Å². The smallest absolute Gasteiger partial charge is 0.246 e. The Kier molecular flexibility index (Phi) is 7.86. The van der Waals surface area contributed by atoms with Crippen LogP contribution in [0.5, 0.6) is 0 Å². The maximum Gasteiger partial charge on any atom is 0.246 e. The fourth-order valence-corrected chi connectivity index (χ4v) is 3.34. The Bertz CT molecular complexity index is 957. The lowest BCUT2D eigenvalue weighted by Gasteiger charge is -2.36. The number of aliphatic imine (C=N–C) groups is 1. The molecule has 4 rings (SSSR count). The van der Waals surface area contributed by atoms with Crippen molar-refractivity contribution in [2.24, 2.45) is 4.99 Å². The van der Waals surface area contributed by atoms with Crippen molar-refractivity contribution in [2.75, 3.05) is 38.1 Å². The molecule has 0 radical (unpaired) electrons. The summed E-state index contributed by atoms with van der Waals surface area (Å²) in [7, 11) is 1.78. The minimum atomic E-state index is 0. The van der Waals surface area contributed by atoms with Gasteiger partial charge < -0.3 is 19.6 Å². The fourth-order valence-electron chi connectivity index (χ4n) is 3.22. The zero-order valence-electron chi connectivity index (χ0n) is 16.5. The van der Waals surface area contributed by atoms with Gasteiger partial charge in [-0.05, 0) is 36.4 Å². The second-order valence-corrected chi connectivity index (χ2v) is 7.02. The van der Waals surface area contributed by atoms with Crippen LogP contribution >= 0.6 is 35.6 Å². The molecule has 1 aliphatic rings. The van der Waals surface area contributed by atoms with Gasteiger partial charge in [-0.3, -0.25) is 4.99 Å². The Hall–Kier alpha value is -2.40. The molecule has 0 amide bonds. The summed E-state index contributed by atoms with van der Waals surface area (Å²) >= 11 is 5.92. The third-order valence-corrected chi connectivity index (χ3v) is 4.98. The first-order valence-corrected chi connectivity index (χ1v) is 9.81. The van der Waals surface area contributed by atoms with Crippen molar-refractivity contribution in [3.63, 3.8) is 0 Å². The van der Waals surface area contributed by atoms with Gasteiger partial charge in [-0.1, -0.05) is 22.8 Å². The predicted molar refractivity (Wildman–Crippen MR) is 128 cm³/mol. The SMILES string of the molecule is CN=C(NCc1nc(-c2ccc(Cl)cc2)no1)N1CCN(c2ccccn2)CC1.I. The van der Waals surface area contributed by atoms with E-state index in [1.807, 2.05) is 36.5 Å². The second-order valence-electron chi connectivity index (χ2n) is 6.58. The van der Waals surface area contributed by atoms with Gasteiger partial charge in [0.25, 0.3) is 0 Å². The maximum absolute atomic E-state index is 5.92. The zero-order valence-corrected chi connectivity index (χ0v) is 19.6. The molecular formula is C20H23ClIN7O. The molecule has 0 bridgehead atoms. The Morgan fingerprint density at radius 1 is 1.13 bits per heavy atom. The first-order valence-electron chi connectivity index (χ1n) is 9.43. The van der Waals surface area contributed by atoms with Crippen LogP contribution in [0.25, 0.3) is 11.4 Å². The first-order chi connectivity index (χ1) is 14.2. The number of rotatable bonds is 4. The highest BCUT2D eigenvalue weighted by Crippen LogP contribution is 2.18. The normalized spacial score (nSPS) is 14.4. The Labute approximate surface area is 197 Å². The van der Waals surface area contributed by atoms with Crippen LogP contribution in [0.3, 0.4) is 0 Å². The molecule has 1 aliphatic heterocycles. The van der Waals surface area contributed by atoms with Crippen LogP contribution in [0, 0.1) is 0 Å². The van der Waals surface area contributed by atoms with Gasteiger partial charge in [0.1, 0.15) is 5.82 Å². The summed E-state index contributed by atoms with van der Waals surface area (Å²) in [5, 5.41) is 8.02. The number of nitrogens with zero attached hydrogens (tertiary/aromatic N) is 6. The van der Waals surface area contributed by atoms with Crippen molar-refractivity contribution < 1.29 is 4.52 Å². The molecule has 8 nitrogen and oxygen atoms in total. The van der Waals surface area contributed by atoms with Crippen LogP contribution in [-0.4, -0.2) is 59.2 Å². The monoisotopic (exact) mass is 539 g/mol. The fraction of sp³-hybridized carbons (Fsp3) is 0.300. The predicted octanol–water partition coefficient (Wildman–Crippen LogP) is 3.30. The molecule has 2 aromatic heterocycles. The van der Waals surface area contributed by atoms with Gasteiger partial charge in [0, 0.05) is 50.0 Å². The van der Waals surface area contributed by atoms with Crippen molar-refractivity contribution in [3.05, 3.63) is 59.6 Å². The van der Waals surface area contributed by atoms with E-state index in [-0.39, 0.29) is 24.0 Å². The highest BCUT2D eigenvalue weighted by Gasteiger charge is 2.20. The minimum absolute atomic E-state index is 0. The van der Waals surface area contributed by atoms with Crippen molar-refractivity contribution in [1.82, 2.24) is 25.3 Å². The molecule has 158 valence electrons. The zero-order chi connectivity index (χ0) is 20.1. The standard InChI is InChI=1S/C20H22ClN7O.HI/c1-22-20(28-12-10-27(11-13-28)17-4-2-3-9-23-17)24-14-18-25-19(26-29-18)15-5-7-16(21)8-6-15;/h2-9H,10-14H2,1H3,(H,22,24);1H. The van der Waals surface area contributed by atoms with Gasteiger partial charge in [-0.15, -0.1) is 24.0 Å². The number of hydrogen-bond acceptors (Lipinski definition) is 6. The molecule has 1 N–H and O–H groups in total.